The lowest BCUT2D eigenvalue weighted by atomic mass is 9.93. The van der Waals surface area contributed by atoms with E-state index in [0.717, 1.165) is 39.3 Å². The number of ether oxygens (including phenoxy) is 3. The molecule has 0 aromatic carbocycles. The van der Waals surface area contributed by atoms with E-state index < -0.39 is 0 Å². The second-order valence-electron chi connectivity index (χ2n) is 5.21. The Hall–Kier alpha value is -0.120. The Labute approximate surface area is 92.1 Å². The minimum Gasteiger partial charge on any atom is -0.381 e. The van der Waals surface area contributed by atoms with Crippen molar-refractivity contribution in [1.29, 1.82) is 0 Å². The summed E-state index contributed by atoms with van der Waals surface area (Å²) < 4.78 is 16.6. The van der Waals surface area contributed by atoms with Gasteiger partial charge in [-0.15, -0.1) is 0 Å². The maximum Gasteiger partial charge on any atom is 0.0698 e. The zero-order valence-electron chi connectivity index (χ0n) is 9.88. The Morgan fingerprint density at radius 1 is 0.933 bits per heavy atom. The molecule has 15 heavy (non-hydrogen) atoms. The minimum atomic E-state index is 0.108. The highest BCUT2D eigenvalue weighted by molar-refractivity contribution is 4.83. The summed E-state index contributed by atoms with van der Waals surface area (Å²) in [5.74, 6) is 0. The fraction of sp³-hybridized carbons (Fsp3) is 1.00. The van der Waals surface area contributed by atoms with Gasteiger partial charge in [0.05, 0.1) is 24.4 Å². The van der Waals surface area contributed by atoms with Crippen LogP contribution < -0.4 is 0 Å². The SMILES string of the molecule is CC1(CCOCCC2(C)CCO2)CCO1. The van der Waals surface area contributed by atoms with Crippen molar-refractivity contribution in [2.24, 2.45) is 0 Å². The monoisotopic (exact) mass is 214 g/mol. The highest BCUT2D eigenvalue weighted by Crippen LogP contribution is 2.30. The molecule has 0 amide bonds. The van der Waals surface area contributed by atoms with Gasteiger partial charge in [0.2, 0.25) is 0 Å². The standard InChI is InChI=1S/C12H22O3/c1-11(5-9-14-11)3-7-13-8-4-12(2)6-10-15-12/h3-10H2,1-2H3. The molecule has 2 fully saturated rings. The molecule has 0 bridgehead atoms. The largest absolute Gasteiger partial charge is 0.381 e. The first-order chi connectivity index (χ1) is 7.12. The van der Waals surface area contributed by atoms with E-state index in [1.165, 1.54) is 12.8 Å². The zero-order valence-corrected chi connectivity index (χ0v) is 9.88. The maximum atomic E-state index is 5.62. The molecule has 2 heterocycles. The van der Waals surface area contributed by atoms with Gasteiger partial charge in [0, 0.05) is 13.2 Å². The van der Waals surface area contributed by atoms with Gasteiger partial charge >= 0.3 is 0 Å². The number of hydrogen-bond donors (Lipinski definition) is 0. The molecule has 3 nitrogen and oxygen atoms in total. The number of rotatable bonds is 6. The van der Waals surface area contributed by atoms with Gasteiger partial charge in [0.15, 0.2) is 0 Å². The van der Waals surface area contributed by atoms with E-state index in [0.29, 0.717) is 0 Å². The highest BCUT2D eigenvalue weighted by atomic mass is 16.5. The summed E-state index contributed by atoms with van der Waals surface area (Å²) in [6, 6.07) is 0. The first-order valence-corrected chi connectivity index (χ1v) is 5.98. The molecule has 0 aromatic heterocycles. The summed E-state index contributed by atoms with van der Waals surface area (Å²) >= 11 is 0. The minimum absolute atomic E-state index is 0.108. The molecule has 0 aliphatic carbocycles. The van der Waals surface area contributed by atoms with Crippen LogP contribution in [-0.4, -0.2) is 37.6 Å². The van der Waals surface area contributed by atoms with E-state index in [1.54, 1.807) is 0 Å². The molecule has 88 valence electrons. The first kappa shape index (κ1) is 11.4. The first-order valence-electron chi connectivity index (χ1n) is 5.98. The second kappa shape index (κ2) is 4.40. The summed E-state index contributed by atoms with van der Waals surface area (Å²) in [5.41, 5.74) is 0.216. The van der Waals surface area contributed by atoms with E-state index in [9.17, 15) is 0 Å². The summed E-state index contributed by atoms with van der Waals surface area (Å²) in [6.45, 7) is 7.79. The quantitative estimate of drug-likeness (QED) is 0.634. The van der Waals surface area contributed by atoms with Crippen LogP contribution in [0.2, 0.25) is 0 Å². The lowest BCUT2D eigenvalue weighted by molar-refractivity contribution is -0.156. The van der Waals surface area contributed by atoms with Crippen molar-refractivity contribution in [2.75, 3.05) is 26.4 Å². The second-order valence-corrected chi connectivity index (χ2v) is 5.21. The lowest BCUT2D eigenvalue weighted by Crippen LogP contribution is -2.42. The van der Waals surface area contributed by atoms with E-state index in [2.05, 4.69) is 13.8 Å². The summed E-state index contributed by atoms with van der Waals surface area (Å²) in [4.78, 5) is 0. The van der Waals surface area contributed by atoms with Crippen molar-refractivity contribution in [1.82, 2.24) is 0 Å². The van der Waals surface area contributed by atoms with Gasteiger partial charge in [-0.3, -0.25) is 0 Å². The predicted octanol–water partition coefficient (Wildman–Crippen LogP) is 2.14. The molecule has 0 radical (unpaired) electrons. The predicted molar refractivity (Wildman–Crippen MR) is 58.0 cm³/mol. The van der Waals surface area contributed by atoms with Gasteiger partial charge in [0.1, 0.15) is 0 Å². The zero-order chi connectivity index (χ0) is 10.8. The van der Waals surface area contributed by atoms with Crippen LogP contribution in [0.3, 0.4) is 0 Å². The fourth-order valence-electron chi connectivity index (χ4n) is 1.97. The lowest BCUT2D eigenvalue weighted by Gasteiger charge is -2.39. The third-order valence-corrected chi connectivity index (χ3v) is 3.71. The molecule has 0 aromatic rings. The Morgan fingerprint density at radius 2 is 1.33 bits per heavy atom. The molecule has 0 saturated carbocycles. The van der Waals surface area contributed by atoms with Crippen LogP contribution in [0.1, 0.15) is 39.5 Å². The van der Waals surface area contributed by atoms with Crippen molar-refractivity contribution in [3.8, 4) is 0 Å². The van der Waals surface area contributed by atoms with Gasteiger partial charge < -0.3 is 14.2 Å². The smallest absolute Gasteiger partial charge is 0.0698 e. The molecule has 2 saturated heterocycles. The van der Waals surface area contributed by atoms with Crippen LogP contribution >= 0.6 is 0 Å². The molecule has 0 spiro atoms. The molecular formula is C12H22O3. The van der Waals surface area contributed by atoms with Gasteiger partial charge in [-0.1, -0.05) is 0 Å². The fourth-order valence-corrected chi connectivity index (χ4v) is 1.97. The van der Waals surface area contributed by atoms with E-state index in [4.69, 9.17) is 14.2 Å². The van der Waals surface area contributed by atoms with Crippen LogP contribution in [0.4, 0.5) is 0 Å². The average molecular weight is 214 g/mol. The Morgan fingerprint density at radius 3 is 1.60 bits per heavy atom. The van der Waals surface area contributed by atoms with Crippen LogP contribution in [0.25, 0.3) is 0 Å². The summed E-state index contributed by atoms with van der Waals surface area (Å²) in [5, 5.41) is 0. The van der Waals surface area contributed by atoms with E-state index in [1.807, 2.05) is 0 Å². The van der Waals surface area contributed by atoms with Crippen molar-refractivity contribution in [2.45, 2.75) is 50.7 Å². The highest BCUT2D eigenvalue weighted by Gasteiger charge is 2.34. The van der Waals surface area contributed by atoms with E-state index >= 15 is 0 Å². The summed E-state index contributed by atoms with van der Waals surface area (Å²) in [7, 11) is 0. The van der Waals surface area contributed by atoms with Crippen LogP contribution in [-0.2, 0) is 14.2 Å². The van der Waals surface area contributed by atoms with Crippen molar-refractivity contribution >= 4 is 0 Å². The van der Waals surface area contributed by atoms with Gasteiger partial charge in [0.25, 0.3) is 0 Å². The van der Waals surface area contributed by atoms with Gasteiger partial charge in [-0.05, 0) is 39.5 Å². The third-order valence-electron chi connectivity index (χ3n) is 3.71. The average Bonchev–Trinajstić information content (AvgIpc) is 2.12. The Bertz CT molecular complexity index is 185. The molecule has 2 unspecified atom stereocenters. The normalized spacial score (nSPS) is 39.6. The molecule has 3 heteroatoms. The van der Waals surface area contributed by atoms with Crippen LogP contribution in [0.15, 0.2) is 0 Å². The Kier molecular flexibility index (Phi) is 3.33. The molecular weight excluding hydrogens is 192 g/mol. The number of hydrogen-bond acceptors (Lipinski definition) is 3. The van der Waals surface area contributed by atoms with Gasteiger partial charge in [-0.2, -0.15) is 0 Å². The molecule has 2 aliphatic rings. The van der Waals surface area contributed by atoms with Crippen molar-refractivity contribution in [3.63, 3.8) is 0 Å². The summed E-state index contributed by atoms with van der Waals surface area (Å²) in [6.07, 6.45) is 4.39. The van der Waals surface area contributed by atoms with Crippen molar-refractivity contribution < 1.29 is 14.2 Å². The Balaban J connectivity index is 1.48. The third kappa shape index (κ3) is 2.92. The van der Waals surface area contributed by atoms with Crippen LogP contribution in [0, 0.1) is 0 Å². The molecule has 2 aliphatic heterocycles. The van der Waals surface area contributed by atoms with Gasteiger partial charge in [-0.25, -0.2) is 0 Å². The maximum absolute atomic E-state index is 5.62. The molecule has 2 atom stereocenters. The molecule has 2 rings (SSSR count). The molecule has 0 N–H and O–H groups in total. The van der Waals surface area contributed by atoms with Crippen LogP contribution in [0.5, 0.6) is 0 Å². The van der Waals surface area contributed by atoms with E-state index in [-0.39, 0.29) is 11.2 Å². The topological polar surface area (TPSA) is 27.7 Å². The van der Waals surface area contributed by atoms with Crippen molar-refractivity contribution in [3.05, 3.63) is 0 Å².